The fourth-order valence-electron chi connectivity index (χ4n) is 3.76. The van der Waals surface area contributed by atoms with E-state index in [0.29, 0.717) is 12.2 Å². The Balaban J connectivity index is 1.52. The van der Waals surface area contributed by atoms with E-state index in [2.05, 4.69) is 20.5 Å². The van der Waals surface area contributed by atoms with E-state index < -0.39 is 30.0 Å². The Morgan fingerprint density at radius 2 is 2.00 bits per heavy atom. The van der Waals surface area contributed by atoms with Crippen molar-refractivity contribution >= 4 is 23.4 Å². The number of halogens is 3. The summed E-state index contributed by atoms with van der Waals surface area (Å²) in [5.74, 6) is 0.466. The molecule has 0 bridgehead atoms. The van der Waals surface area contributed by atoms with E-state index in [9.17, 15) is 23.1 Å². The molecule has 2 atom stereocenters. The summed E-state index contributed by atoms with van der Waals surface area (Å²) >= 11 is 0. The van der Waals surface area contributed by atoms with Crippen molar-refractivity contribution in [3.63, 3.8) is 0 Å². The number of nitrogens with zero attached hydrogens (tertiary/aromatic N) is 5. The van der Waals surface area contributed by atoms with Gasteiger partial charge < -0.3 is 10.0 Å². The monoisotopic (exact) mass is 428 g/mol. The second kappa shape index (κ2) is 6.91. The third-order valence-electron chi connectivity index (χ3n) is 5.22. The largest absolute Gasteiger partial charge is 0.416 e. The molecular formula is C20H15F3N6O2. The smallest absolute Gasteiger partial charge is 0.387 e. The fourth-order valence-corrected chi connectivity index (χ4v) is 3.76. The van der Waals surface area contributed by atoms with Gasteiger partial charge in [-0.1, -0.05) is 12.1 Å². The predicted octanol–water partition coefficient (Wildman–Crippen LogP) is 3.12. The van der Waals surface area contributed by atoms with Crippen molar-refractivity contribution in [2.45, 2.75) is 18.4 Å². The van der Waals surface area contributed by atoms with E-state index in [1.54, 1.807) is 29.2 Å². The van der Waals surface area contributed by atoms with Gasteiger partial charge in [0, 0.05) is 11.8 Å². The van der Waals surface area contributed by atoms with Gasteiger partial charge in [0.15, 0.2) is 11.6 Å². The molecule has 2 aliphatic rings. The quantitative estimate of drug-likeness (QED) is 0.652. The molecule has 0 unspecified atom stereocenters. The van der Waals surface area contributed by atoms with Crippen molar-refractivity contribution in [3.05, 3.63) is 60.3 Å². The highest BCUT2D eigenvalue weighted by molar-refractivity contribution is 6.06. The zero-order valence-corrected chi connectivity index (χ0v) is 15.8. The number of aromatic nitrogens is 3. The highest BCUT2D eigenvalue weighted by Gasteiger charge is 2.52. The van der Waals surface area contributed by atoms with Crippen LogP contribution in [0.3, 0.4) is 0 Å². The molecule has 11 heteroatoms. The van der Waals surface area contributed by atoms with Gasteiger partial charge >= 0.3 is 12.2 Å². The number of anilines is 3. The van der Waals surface area contributed by atoms with E-state index >= 15 is 0 Å². The lowest BCUT2D eigenvalue weighted by Crippen LogP contribution is -2.66. The summed E-state index contributed by atoms with van der Waals surface area (Å²) in [5.41, 5.74) is 0.366. The number of carbonyl (C=O) groups excluding carboxylic acids is 1. The maximum atomic E-state index is 13.1. The zero-order chi connectivity index (χ0) is 21.8. The summed E-state index contributed by atoms with van der Waals surface area (Å²) in [4.78, 5) is 20.5. The molecule has 1 saturated heterocycles. The predicted molar refractivity (Wildman–Crippen MR) is 105 cm³/mol. The number of fused-ring (bicyclic) bond motifs is 3. The molecule has 2 amide bonds. The summed E-state index contributed by atoms with van der Waals surface area (Å²) in [6.45, 7) is 0.317. The maximum absolute atomic E-state index is 13.1. The number of hydrogen-bond acceptors (Lipinski definition) is 6. The number of amides is 2. The van der Waals surface area contributed by atoms with Crippen molar-refractivity contribution in [1.82, 2.24) is 15.2 Å². The molecule has 5 rings (SSSR count). The number of hydrogen-bond donors (Lipinski definition) is 2. The molecule has 2 aliphatic heterocycles. The van der Waals surface area contributed by atoms with Crippen molar-refractivity contribution in [1.29, 1.82) is 0 Å². The van der Waals surface area contributed by atoms with Gasteiger partial charge in [-0.2, -0.15) is 18.3 Å². The second-order valence-corrected chi connectivity index (χ2v) is 7.16. The minimum Gasteiger partial charge on any atom is -0.387 e. The second-order valence-electron chi connectivity index (χ2n) is 7.16. The summed E-state index contributed by atoms with van der Waals surface area (Å²) in [6.07, 6.45) is -4.47. The van der Waals surface area contributed by atoms with Gasteiger partial charge in [-0.15, -0.1) is 5.10 Å². The lowest BCUT2D eigenvalue weighted by molar-refractivity contribution is -0.137. The molecule has 0 radical (unpaired) electrons. The van der Waals surface area contributed by atoms with E-state index in [4.69, 9.17) is 0 Å². The number of pyridine rings is 1. The first kappa shape index (κ1) is 19.2. The number of alkyl halides is 3. The van der Waals surface area contributed by atoms with E-state index in [1.807, 2.05) is 0 Å². The first-order chi connectivity index (χ1) is 14.8. The Hall–Kier alpha value is -3.73. The molecule has 0 spiro atoms. The number of nitrogens with one attached hydrogen (secondary N) is 1. The van der Waals surface area contributed by atoms with Crippen LogP contribution >= 0.6 is 0 Å². The highest BCUT2D eigenvalue weighted by Crippen LogP contribution is 2.45. The van der Waals surface area contributed by atoms with E-state index in [-0.39, 0.29) is 22.9 Å². The molecule has 2 N–H and O–H groups in total. The zero-order valence-electron chi connectivity index (χ0n) is 15.8. The van der Waals surface area contributed by atoms with Crippen LogP contribution in [-0.4, -0.2) is 45.1 Å². The Morgan fingerprint density at radius 1 is 1.16 bits per heavy atom. The van der Waals surface area contributed by atoms with Crippen LogP contribution in [0, 0.1) is 0 Å². The van der Waals surface area contributed by atoms with Crippen molar-refractivity contribution in [2.24, 2.45) is 0 Å². The normalized spacial score (nSPS) is 19.5. The Bertz CT molecular complexity index is 1160. The molecular weight excluding hydrogens is 413 g/mol. The average Bonchev–Trinajstić information content (AvgIpc) is 3.02. The Kier molecular flexibility index (Phi) is 4.29. The standard InChI is InChI=1S/C20H15F3N6O2/c21-20(22,23)12-4-1-3-11(9-12)13-6-7-14-17(25-13)29(18-15(30)10-28(14)18)19(31)26-16-5-2-8-24-27-16/h1-9,15,18,30H,10H2,(H,26,27,31)/t15-,18+/m1/s1. The summed E-state index contributed by atoms with van der Waals surface area (Å²) in [5, 5.41) is 20.4. The molecule has 2 aromatic heterocycles. The van der Waals surface area contributed by atoms with Crippen LogP contribution in [-0.2, 0) is 6.18 Å². The number of aliphatic hydroxyl groups is 1. The molecule has 0 saturated carbocycles. The molecule has 3 aromatic rings. The molecule has 0 aliphatic carbocycles. The molecule has 8 nitrogen and oxygen atoms in total. The first-order valence-electron chi connectivity index (χ1n) is 9.34. The van der Waals surface area contributed by atoms with Gasteiger partial charge in [0.05, 0.1) is 23.5 Å². The van der Waals surface area contributed by atoms with Gasteiger partial charge in [0.1, 0.15) is 12.3 Å². The summed E-state index contributed by atoms with van der Waals surface area (Å²) < 4.78 is 39.3. The van der Waals surface area contributed by atoms with Gasteiger partial charge in [0.2, 0.25) is 0 Å². The number of carbonyl (C=O) groups is 1. The molecule has 1 aromatic carbocycles. The average molecular weight is 428 g/mol. The van der Waals surface area contributed by atoms with Crippen molar-refractivity contribution < 1.29 is 23.1 Å². The Morgan fingerprint density at radius 3 is 2.71 bits per heavy atom. The Labute approximate surface area is 174 Å². The van der Waals surface area contributed by atoms with E-state index in [0.717, 1.165) is 12.1 Å². The highest BCUT2D eigenvalue weighted by atomic mass is 19.4. The first-order valence-corrected chi connectivity index (χ1v) is 9.34. The van der Waals surface area contributed by atoms with Crippen LogP contribution in [0.25, 0.3) is 11.3 Å². The lowest BCUT2D eigenvalue weighted by Gasteiger charge is -2.44. The molecule has 1 fully saturated rings. The number of urea groups is 1. The molecule has 158 valence electrons. The number of rotatable bonds is 2. The maximum Gasteiger partial charge on any atom is 0.416 e. The fraction of sp³-hybridized carbons (Fsp3) is 0.200. The van der Waals surface area contributed by atoms with Crippen molar-refractivity contribution in [2.75, 3.05) is 21.7 Å². The van der Waals surface area contributed by atoms with Gasteiger partial charge in [-0.25, -0.2) is 9.78 Å². The van der Waals surface area contributed by atoms with Crippen LogP contribution in [0.2, 0.25) is 0 Å². The van der Waals surface area contributed by atoms with Crippen LogP contribution in [0.4, 0.5) is 35.3 Å². The van der Waals surface area contributed by atoms with E-state index in [1.165, 1.54) is 23.2 Å². The number of aliphatic hydroxyl groups excluding tert-OH is 1. The third-order valence-corrected chi connectivity index (χ3v) is 5.22. The van der Waals surface area contributed by atoms with Gasteiger partial charge in [-0.3, -0.25) is 10.2 Å². The lowest BCUT2D eigenvalue weighted by atomic mass is 10.1. The van der Waals surface area contributed by atoms with Gasteiger partial charge in [0.25, 0.3) is 0 Å². The van der Waals surface area contributed by atoms with Crippen LogP contribution in [0.1, 0.15) is 5.56 Å². The number of benzene rings is 1. The summed E-state index contributed by atoms with van der Waals surface area (Å²) in [7, 11) is 0. The minimum atomic E-state index is -4.48. The minimum absolute atomic E-state index is 0.218. The summed E-state index contributed by atoms with van der Waals surface area (Å²) in [6, 6.07) is 10.7. The van der Waals surface area contributed by atoms with Crippen LogP contribution < -0.4 is 15.1 Å². The molecule has 31 heavy (non-hydrogen) atoms. The topological polar surface area (TPSA) is 94.5 Å². The van der Waals surface area contributed by atoms with Crippen molar-refractivity contribution in [3.8, 4) is 11.3 Å². The SMILES string of the molecule is O=C(Nc1cccnn1)N1c2nc(-c3cccc(C(F)(F)F)c3)ccc2N2C[C@@H](O)[C@@H]21. The van der Waals surface area contributed by atoms with Crippen LogP contribution in [0.5, 0.6) is 0 Å². The van der Waals surface area contributed by atoms with Gasteiger partial charge in [-0.05, 0) is 36.4 Å². The third kappa shape index (κ3) is 3.22. The molecule has 4 heterocycles. The van der Waals surface area contributed by atoms with Crippen LogP contribution in [0.15, 0.2) is 54.7 Å².